The van der Waals surface area contributed by atoms with Gasteiger partial charge in [-0.3, -0.25) is 4.79 Å². The first-order chi connectivity index (χ1) is 8.54. The Morgan fingerprint density at radius 2 is 2.28 bits per heavy atom. The van der Waals surface area contributed by atoms with Crippen molar-refractivity contribution in [3.63, 3.8) is 0 Å². The summed E-state index contributed by atoms with van der Waals surface area (Å²) in [6, 6.07) is 4.94. The highest BCUT2D eigenvalue weighted by molar-refractivity contribution is 7.80. The Kier molecular flexibility index (Phi) is 6.04. The average molecular weight is 287 g/mol. The fourth-order valence-electron chi connectivity index (χ4n) is 1.33. The van der Waals surface area contributed by atoms with Crippen molar-refractivity contribution in [2.45, 2.75) is 13.3 Å². The van der Waals surface area contributed by atoms with Crippen molar-refractivity contribution in [2.75, 3.05) is 18.5 Å². The molecule has 0 aliphatic carbocycles. The second-order valence-corrected chi connectivity index (χ2v) is 4.53. The van der Waals surface area contributed by atoms with E-state index < -0.39 is 0 Å². The Bertz CT molecular complexity index is 452. The van der Waals surface area contributed by atoms with E-state index in [1.807, 2.05) is 6.92 Å². The molecular weight excluding hydrogens is 272 g/mol. The lowest BCUT2D eigenvalue weighted by molar-refractivity contribution is -0.120. The van der Waals surface area contributed by atoms with E-state index in [1.165, 1.54) is 0 Å². The van der Waals surface area contributed by atoms with E-state index in [2.05, 4.69) is 5.32 Å². The minimum Gasteiger partial charge on any atom is -0.389 e. The molecule has 6 heteroatoms. The number of nitrogens with one attached hydrogen (secondary N) is 1. The topological polar surface area (TPSA) is 64.3 Å². The summed E-state index contributed by atoms with van der Waals surface area (Å²) in [5.74, 6) is -0.261. The van der Waals surface area contributed by atoms with Crippen molar-refractivity contribution in [1.82, 2.24) is 0 Å². The Morgan fingerprint density at radius 1 is 1.56 bits per heavy atom. The quantitative estimate of drug-likeness (QED) is 0.622. The molecule has 0 aliphatic rings. The van der Waals surface area contributed by atoms with Crippen LogP contribution >= 0.6 is 23.8 Å². The highest BCUT2D eigenvalue weighted by atomic mass is 35.5. The zero-order valence-electron chi connectivity index (χ0n) is 10.0. The normalized spacial score (nSPS) is 10.1. The lowest BCUT2D eigenvalue weighted by atomic mass is 10.2. The van der Waals surface area contributed by atoms with Crippen molar-refractivity contribution in [2.24, 2.45) is 5.73 Å². The molecule has 0 fully saturated rings. The molecule has 4 nitrogen and oxygen atoms in total. The second kappa shape index (κ2) is 7.31. The molecule has 3 N–H and O–H groups in total. The number of ether oxygens (including phenoxy) is 1. The number of hydrogen-bond donors (Lipinski definition) is 2. The molecule has 1 amide bonds. The van der Waals surface area contributed by atoms with Gasteiger partial charge < -0.3 is 15.8 Å². The molecule has 0 atom stereocenters. The monoisotopic (exact) mass is 286 g/mol. The zero-order valence-corrected chi connectivity index (χ0v) is 11.6. The number of carbonyl (C=O) groups is 1. The van der Waals surface area contributed by atoms with Gasteiger partial charge in [0.05, 0.1) is 5.69 Å². The number of thiocarbonyl (C=S) groups is 1. The Balaban J connectivity index is 2.73. The minimum atomic E-state index is -0.261. The van der Waals surface area contributed by atoms with Gasteiger partial charge in [0.2, 0.25) is 5.91 Å². The zero-order chi connectivity index (χ0) is 13.5. The lowest BCUT2D eigenvalue weighted by Gasteiger charge is -2.10. The van der Waals surface area contributed by atoms with Gasteiger partial charge in [0.15, 0.2) is 0 Å². The van der Waals surface area contributed by atoms with E-state index in [4.69, 9.17) is 34.3 Å². The highest BCUT2D eigenvalue weighted by Gasteiger charge is 2.09. The molecule has 0 spiro atoms. The van der Waals surface area contributed by atoms with E-state index in [-0.39, 0.29) is 17.5 Å². The molecule has 0 heterocycles. The smallest absolute Gasteiger partial charge is 0.250 e. The summed E-state index contributed by atoms with van der Waals surface area (Å²) in [6.45, 7) is 2.52. The van der Waals surface area contributed by atoms with E-state index in [9.17, 15) is 4.79 Å². The van der Waals surface area contributed by atoms with Gasteiger partial charge in [-0.1, -0.05) is 30.7 Å². The summed E-state index contributed by atoms with van der Waals surface area (Å²) in [4.78, 5) is 11.8. The van der Waals surface area contributed by atoms with Gasteiger partial charge in [0.1, 0.15) is 11.6 Å². The van der Waals surface area contributed by atoms with Crippen LogP contribution in [0.4, 0.5) is 5.69 Å². The first-order valence-corrected chi connectivity index (χ1v) is 6.30. The molecule has 18 heavy (non-hydrogen) atoms. The van der Waals surface area contributed by atoms with Gasteiger partial charge in [0, 0.05) is 17.2 Å². The molecule has 0 bridgehead atoms. The van der Waals surface area contributed by atoms with Gasteiger partial charge in [-0.05, 0) is 24.6 Å². The summed E-state index contributed by atoms with van der Waals surface area (Å²) in [7, 11) is 0. The molecule has 1 rings (SSSR count). The van der Waals surface area contributed by atoms with Crippen LogP contribution in [-0.4, -0.2) is 24.1 Å². The molecule has 1 aromatic carbocycles. The molecule has 0 radical (unpaired) electrons. The predicted octanol–water partition coefficient (Wildman–Crippen LogP) is 2.34. The number of anilines is 1. The standard InChI is InChI=1S/C12H15ClN2O2S/c1-2-5-17-7-11(16)15-10-6-8(13)3-4-9(10)12(14)18/h3-4,6H,2,5,7H2,1H3,(H2,14,18)(H,15,16). The van der Waals surface area contributed by atoms with Crippen molar-refractivity contribution in [3.8, 4) is 0 Å². The van der Waals surface area contributed by atoms with Crippen LogP contribution in [0.15, 0.2) is 18.2 Å². The summed E-state index contributed by atoms with van der Waals surface area (Å²) in [6.07, 6.45) is 0.864. The summed E-state index contributed by atoms with van der Waals surface area (Å²) in [5, 5.41) is 3.18. The van der Waals surface area contributed by atoms with Crippen molar-refractivity contribution >= 4 is 40.4 Å². The first-order valence-electron chi connectivity index (χ1n) is 5.51. The number of carbonyl (C=O) groups excluding carboxylic acids is 1. The van der Waals surface area contributed by atoms with E-state index in [0.29, 0.717) is 22.9 Å². The second-order valence-electron chi connectivity index (χ2n) is 3.65. The fraction of sp³-hybridized carbons (Fsp3) is 0.333. The van der Waals surface area contributed by atoms with Gasteiger partial charge in [0.25, 0.3) is 0 Å². The van der Waals surface area contributed by atoms with Crippen LogP contribution < -0.4 is 11.1 Å². The third kappa shape index (κ3) is 4.60. The number of rotatable bonds is 6. The SMILES string of the molecule is CCCOCC(=O)Nc1cc(Cl)ccc1C(N)=S. The van der Waals surface area contributed by atoms with Crippen LogP contribution in [0, 0.1) is 0 Å². The maximum atomic E-state index is 11.6. The van der Waals surface area contributed by atoms with Gasteiger partial charge >= 0.3 is 0 Å². The number of amides is 1. The molecule has 1 aromatic rings. The number of hydrogen-bond acceptors (Lipinski definition) is 3. The van der Waals surface area contributed by atoms with E-state index in [1.54, 1.807) is 18.2 Å². The van der Waals surface area contributed by atoms with Crippen LogP contribution in [0.3, 0.4) is 0 Å². The molecule has 0 saturated heterocycles. The van der Waals surface area contributed by atoms with E-state index in [0.717, 1.165) is 6.42 Å². The van der Waals surface area contributed by atoms with Crippen LogP contribution in [0.5, 0.6) is 0 Å². The summed E-state index contributed by atoms with van der Waals surface area (Å²) < 4.78 is 5.14. The Hall–Kier alpha value is -1.17. The highest BCUT2D eigenvalue weighted by Crippen LogP contribution is 2.21. The van der Waals surface area contributed by atoms with Crippen LogP contribution in [0.1, 0.15) is 18.9 Å². The number of benzene rings is 1. The van der Waals surface area contributed by atoms with Gasteiger partial charge in [-0.25, -0.2) is 0 Å². The van der Waals surface area contributed by atoms with Crippen molar-refractivity contribution in [3.05, 3.63) is 28.8 Å². The van der Waals surface area contributed by atoms with Crippen LogP contribution in [0.25, 0.3) is 0 Å². The molecule has 0 aliphatic heterocycles. The maximum absolute atomic E-state index is 11.6. The molecule has 0 saturated carbocycles. The minimum absolute atomic E-state index is 0.00285. The number of halogens is 1. The van der Waals surface area contributed by atoms with Crippen molar-refractivity contribution < 1.29 is 9.53 Å². The van der Waals surface area contributed by atoms with Crippen LogP contribution in [0.2, 0.25) is 5.02 Å². The Labute approximate surface area is 116 Å². The molecule has 0 aromatic heterocycles. The lowest BCUT2D eigenvalue weighted by Crippen LogP contribution is -2.21. The molecular formula is C12H15ClN2O2S. The fourth-order valence-corrected chi connectivity index (χ4v) is 1.68. The third-order valence-corrected chi connectivity index (χ3v) is 2.56. The summed E-state index contributed by atoms with van der Waals surface area (Å²) in [5.41, 5.74) is 6.65. The Morgan fingerprint density at radius 3 is 2.89 bits per heavy atom. The maximum Gasteiger partial charge on any atom is 0.250 e. The van der Waals surface area contributed by atoms with E-state index >= 15 is 0 Å². The number of nitrogens with two attached hydrogens (primary N) is 1. The first kappa shape index (κ1) is 14.9. The predicted molar refractivity (Wildman–Crippen MR) is 77.1 cm³/mol. The van der Waals surface area contributed by atoms with Gasteiger partial charge in [-0.15, -0.1) is 0 Å². The summed E-state index contributed by atoms with van der Waals surface area (Å²) >= 11 is 10.8. The molecule has 98 valence electrons. The van der Waals surface area contributed by atoms with Crippen LogP contribution in [-0.2, 0) is 9.53 Å². The molecule has 0 unspecified atom stereocenters. The largest absolute Gasteiger partial charge is 0.389 e. The van der Waals surface area contributed by atoms with Crippen molar-refractivity contribution in [1.29, 1.82) is 0 Å². The average Bonchev–Trinajstić information content (AvgIpc) is 2.29. The van der Waals surface area contributed by atoms with Gasteiger partial charge in [-0.2, -0.15) is 0 Å². The third-order valence-electron chi connectivity index (χ3n) is 2.10.